The number of nitrogens with zero attached hydrogens (tertiary/aromatic N) is 2. The van der Waals surface area contributed by atoms with Gasteiger partial charge in [-0.25, -0.2) is 18.0 Å². The van der Waals surface area contributed by atoms with Crippen molar-refractivity contribution in [2.75, 3.05) is 23.9 Å². The first-order valence-electron chi connectivity index (χ1n) is 7.54. The van der Waals surface area contributed by atoms with Crippen molar-refractivity contribution in [3.05, 3.63) is 63.4 Å². The summed E-state index contributed by atoms with van der Waals surface area (Å²) in [5.74, 6) is 0.269. The van der Waals surface area contributed by atoms with E-state index in [1.54, 1.807) is 24.3 Å². The Labute approximate surface area is 153 Å². The van der Waals surface area contributed by atoms with Crippen molar-refractivity contribution in [2.45, 2.75) is 0 Å². The van der Waals surface area contributed by atoms with Crippen LogP contribution < -0.4 is 10.9 Å². The van der Waals surface area contributed by atoms with Crippen LogP contribution in [-0.2, 0) is 9.84 Å². The van der Waals surface area contributed by atoms with E-state index in [4.69, 9.17) is 0 Å². The van der Waals surface area contributed by atoms with Crippen molar-refractivity contribution in [2.24, 2.45) is 0 Å². The third-order valence-corrected chi connectivity index (χ3v) is 5.04. The SMILES string of the molecule is CS(=O)(=O)CCNc1nc2ccc(Br)cc2c(=O)n1-c1ccccc1. The predicted molar refractivity (Wildman–Crippen MR) is 103 cm³/mol. The van der Waals surface area contributed by atoms with Gasteiger partial charge in [-0.2, -0.15) is 0 Å². The highest BCUT2D eigenvalue weighted by molar-refractivity contribution is 9.10. The molecule has 0 unspecified atom stereocenters. The van der Waals surface area contributed by atoms with E-state index in [0.717, 1.165) is 4.47 Å². The number of anilines is 1. The molecule has 0 aliphatic heterocycles. The normalized spacial score (nSPS) is 11.6. The highest BCUT2D eigenvalue weighted by Gasteiger charge is 2.13. The molecule has 0 bridgehead atoms. The summed E-state index contributed by atoms with van der Waals surface area (Å²) >= 11 is 3.37. The molecule has 0 fully saturated rings. The Bertz CT molecular complexity index is 1080. The first-order chi connectivity index (χ1) is 11.8. The van der Waals surface area contributed by atoms with Crippen molar-refractivity contribution in [1.29, 1.82) is 0 Å². The second-order valence-corrected chi connectivity index (χ2v) is 8.81. The van der Waals surface area contributed by atoms with E-state index in [9.17, 15) is 13.2 Å². The molecule has 0 aliphatic carbocycles. The topological polar surface area (TPSA) is 81.1 Å². The number of aromatic nitrogens is 2. The van der Waals surface area contributed by atoms with Gasteiger partial charge in [0.1, 0.15) is 9.84 Å². The van der Waals surface area contributed by atoms with Gasteiger partial charge in [0.25, 0.3) is 5.56 Å². The van der Waals surface area contributed by atoms with Gasteiger partial charge in [-0.05, 0) is 30.3 Å². The minimum absolute atomic E-state index is 0.0456. The number of sulfone groups is 1. The van der Waals surface area contributed by atoms with Gasteiger partial charge in [0.2, 0.25) is 5.95 Å². The lowest BCUT2D eigenvalue weighted by atomic mass is 10.2. The molecule has 3 rings (SSSR count). The van der Waals surface area contributed by atoms with Crippen LogP contribution in [0.1, 0.15) is 0 Å². The summed E-state index contributed by atoms with van der Waals surface area (Å²) in [4.78, 5) is 17.5. The van der Waals surface area contributed by atoms with Gasteiger partial charge in [-0.3, -0.25) is 4.79 Å². The highest BCUT2D eigenvalue weighted by atomic mass is 79.9. The average Bonchev–Trinajstić information content (AvgIpc) is 2.55. The zero-order valence-electron chi connectivity index (χ0n) is 13.4. The van der Waals surface area contributed by atoms with Crippen LogP contribution in [0.5, 0.6) is 0 Å². The standard InChI is InChI=1S/C17H16BrN3O3S/c1-25(23,24)10-9-19-17-20-15-8-7-12(18)11-14(15)16(22)21(17)13-5-3-2-4-6-13/h2-8,11H,9-10H2,1H3,(H,19,20). The summed E-state index contributed by atoms with van der Waals surface area (Å²) in [6.45, 7) is 0.167. The molecule has 6 nitrogen and oxygen atoms in total. The van der Waals surface area contributed by atoms with Crippen LogP contribution in [0.3, 0.4) is 0 Å². The largest absolute Gasteiger partial charge is 0.354 e. The van der Waals surface area contributed by atoms with Gasteiger partial charge in [0.05, 0.1) is 22.3 Å². The molecule has 0 spiro atoms. The quantitative estimate of drug-likeness (QED) is 0.684. The number of rotatable bonds is 5. The van der Waals surface area contributed by atoms with E-state index < -0.39 is 9.84 Å². The molecule has 3 aromatic rings. The summed E-state index contributed by atoms with van der Waals surface area (Å²) in [6.07, 6.45) is 1.17. The molecule has 2 aromatic carbocycles. The van der Waals surface area contributed by atoms with E-state index in [-0.39, 0.29) is 17.9 Å². The molecule has 0 atom stereocenters. The summed E-state index contributed by atoms with van der Waals surface area (Å²) in [7, 11) is -3.11. The molecule has 1 heterocycles. The van der Waals surface area contributed by atoms with Gasteiger partial charge >= 0.3 is 0 Å². The zero-order chi connectivity index (χ0) is 18.0. The lowest BCUT2D eigenvalue weighted by Gasteiger charge is -2.15. The van der Waals surface area contributed by atoms with Gasteiger partial charge in [0, 0.05) is 17.3 Å². The Kier molecular flexibility index (Phi) is 4.91. The fraction of sp³-hybridized carbons (Fsp3) is 0.176. The molecule has 0 saturated carbocycles. The Balaban J connectivity index is 2.16. The van der Waals surface area contributed by atoms with Crippen LogP contribution in [0.4, 0.5) is 5.95 Å². The molecule has 0 aliphatic rings. The van der Waals surface area contributed by atoms with Crippen LogP contribution in [0, 0.1) is 0 Å². The van der Waals surface area contributed by atoms with E-state index >= 15 is 0 Å². The second kappa shape index (κ2) is 6.97. The molecule has 25 heavy (non-hydrogen) atoms. The summed E-state index contributed by atoms with van der Waals surface area (Å²) < 4.78 is 25.0. The maximum absolute atomic E-state index is 13.0. The lowest BCUT2D eigenvalue weighted by molar-refractivity contribution is 0.602. The second-order valence-electron chi connectivity index (χ2n) is 5.63. The average molecular weight is 422 g/mol. The fourth-order valence-corrected chi connectivity index (χ4v) is 3.28. The molecular formula is C17H16BrN3O3S. The monoisotopic (exact) mass is 421 g/mol. The van der Waals surface area contributed by atoms with Crippen molar-refractivity contribution in [3.8, 4) is 5.69 Å². The van der Waals surface area contributed by atoms with Gasteiger partial charge in [-0.15, -0.1) is 0 Å². The zero-order valence-corrected chi connectivity index (χ0v) is 15.8. The number of benzene rings is 2. The van der Waals surface area contributed by atoms with Gasteiger partial charge < -0.3 is 5.32 Å². The lowest BCUT2D eigenvalue weighted by Crippen LogP contribution is -2.25. The molecule has 130 valence electrons. The van der Waals surface area contributed by atoms with Crippen LogP contribution >= 0.6 is 15.9 Å². The van der Waals surface area contributed by atoms with E-state index in [1.807, 2.05) is 24.3 Å². The predicted octanol–water partition coefficient (Wildman–Crippen LogP) is 2.60. The number of para-hydroxylation sites is 1. The molecule has 1 aromatic heterocycles. The Hall–Kier alpha value is -2.19. The van der Waals surface area contributed by atoms with Gasteiger partial charge in [-0.1, -0.05) is 34.1 Å². The number of hydrogen-bond donors (Lipinski definition) is 1. The minimum atomic E-state index is -3.11. The molecular weight excluding hydrogens is 406 g/mol. The van der Waals surface area contributed by atoms with Crippen LogP contribution in [0.2, 0.25) is 0 Å². The molecule has 1 N–H and O–H groups in total. The third-order valence-electron chi connectivity index (χ3n) is 3.60. The van der Waals surface area contributed by atoms with E-state index in [1.165, 1.54) is 10.8 Å². The van der Waals surface area contributed by atoms with E-state index in [2.05, 4.69) is 26.2 Å². The number of fused-ring (bicyclic) bond motifs is 1. The fourth-order valence-electron chi connectivity index (χ4n) is 2.44. The minimum Gasteiger partial charge on any atom is -0.354 e. The van der Waals surface area contributed by atoms with Crippen molar-refractivity contribution in [3.63, 3.8) is 0 Å². The van der Waals surface area contributed by atoms with Crippen molar-refractivity contribution in [1.82, 2.24) is 9.55 Å². The molecule has 0 radical (unpaired) electrons. The molecule has 8 heteroatoms. The summed E-state index contributed by atoms with van der Waals surface area (Å²) in [5, 5.41) is 3.46. The number of hydrogen-bond acceptors (Lipinski definition) is 5. The smallest absolute Gasteiger partial charge is 0.267 e. The number of halogens is 1. The summed E-state index contributed by atoms with van der Waals surface area (Å²) in [5.41, 5.74) is 0.977. The van der Waals surface area contributed by atoms with Gasteiger partial charge in [0.15, 0.2) is 0 Å². The third kappa shape index (κ3) is 4.08. The maximum Gasteiger partial charge on any atom is 0.267 e. The Morgan fingerprint density at radius 1 is 1.16 bits per heavy atom. The maximum atomic E-state index is 13.0. The summed E-state index contributed by atoms with van der Waals surface area (Å²) in [6, 6.07) is 14.4. The molecule has 0 saturated heterocycles. The van der Waals surface area contributed by atoms with Crippen molar-refractivity contribution >= 4 is 42.6 Å². The number of nitrogens with one attached hydrogen (secondary N) is 1. The van der Waals surface area contributed by atoms with Crippen LogP contribution in [-0.4, -0.2) is 36.5 Å². The van der Waals surface area contributed by atoms with Crippen LogP contribution in [0.15, 0.2) is 57.8 Å². The Morgan fingerprint density at radius 3 is 2.56 bits per heavy atom. The Morgan fingerprint density at radius 2 is 1.88 bits per heavy atom. The van der Waals surface area contributed by atoms with Crippen LogP contribution in [0.25, 0.3) is 16.6 Å². The molecule has 0 amide bonds. The highest BCUT2D eigenvalue weighted by Crippen LogP contribution is 2.19. The van der Waals surface area contributed by atoms with Crippen molar-refractivity contribution < 1.29 is 8.42 Å². The van der Waals surface area contributed by atoms with E-state index in [0.29, 0.717) is 22.5 Å². The first kappa shape index (κ1) is 17.6. The first-order valence-corrected chi connectivity index (χ1v) is 10.4.